The quantitative estimate of drug-likeness (QED) is 0.377. The second kappa shape index (κ2) is 12.0. The van der Waals surface area contributed by atoms with Crippen molar-refractivity contribution in [1.29, 1.82) is 0 Å². The average Bonchev–Trinajstić information content (AvgIpc) is 2.75. The van der Waals surface area contributed by atoms with Crippen LogP contribution in [0.2, 0.25) is 0 Å². The maximum atomic E-state index is 13.3. The van der Waals surface area contributed by atoms with Crippen LogP contribution in [0.1, 0.15) is 37.1 Å². The van der Waals surface area contributed by atoms with Crippen LogP contribution in [0.5, 0.6) is 5.75 Å². The Kier molecular flexibility index (Phi) is 9.92. The molecule has 0 saturated carbocycles. The van der Waals surface area contributed by atoms with Gasteiger partial charge in [-0.1, -0.05) is 49.4 Å². The Hall–Kier alpha value is -1.70. The molecule has 1 heterocycles. The molecule has 1 fully saturated rings. The summed E-state index contributed by atoms with van der Waals surface area (Å²) < 4.78 is 0. The molecule has 1 aliphatic heterocycles. The Morgan fingerprint density at radius 2 is 1.94 bits per heavy atom. The number of phenols is 1. The third kappa shape index (κ3) is 6.65. The molecule has 1 aliphatic rings. The summed E-state index contributed by atoms with van der Waals surface area (Å²) in [6.07, 6.45) is 1.56. The van der Waals surface area contributed by atoms with Gasteiger partial charge in [0, 0.05) is 24.6 Å². The first-order valence-electron chi connectivity index (χ1n) is 10.8. The number of nitrogens with one attached hydrogen (secondary N) is 1. The van der Waals surface area contributed by atoms with Crippen LogP contribution in [0.3, 0.4) is 0 Å². The van der Waals surface area contributed by atoms with E-state index in [0.717, 1.165) is 25.1 Å². The fourth-order valence-electron chi connectivity index (χ4n) is 4.69. The standard InChI is InChI=1S/C25H32N2O4.Na.H/c1-25(20-9-6-10-22(28)14-20)11-12-27(2)17-21(25)13-19(15-26-16-23(29)30)24(31)18-7-4-3-5-8-18;;/h3-10,14,19,21,26,28H,11-13,15-17H2,1-2H3,(H,29,30);;/q;+1;-1/t19-,21?,25?;;/m1../s1. The third-order valence-corrected chi connectivity index (χ3v) is 6.62. The van der Waals surface area contributed by atoms with Crippen LogP contribution in [-0.2, 0) is 10.2 Å². The minimum atomic E-state index is -0.937. The number of carboxylic acids is 1. The fraction of sp³-hybridized carbons (Fsp3) is 0.440. The van der Waals surface area contributed by atoms with Crippen molar-refractivity contribution in [3.63, 3.8) is 0 Å². The molecule has 32 heavy (non-hydrogen) atoms. The number of ketones is 1. The number of nitrogens with zero attached hydrogens (tertiary/aromatic N) is 1. The molecule has 0 bridgehead atoms. The Bertz CT molecular complexity index is 914. The molecule has 7 heteroatoms. The number of rotatable bonds is 9. The van der Waals surface area contributed by atoms with Crippen molar-refractivity contribution in [3.05, 3.63) is 65.7 Å². The molecular weight excluding hydrogens is 415 g/mol. The predicted octanol–water partition coefficient (Wildman–Crippen LogP) is 0.282. The average molecular weight is 449 g/mol. The van der Waals surface area contributed by atoms with E-state index in [1.165, 1.54) is 0 Å². The van der Waals surface area contributed by atoms with Gasteiger partial charge in [0.1, 0.15) is 5.75 Å². The van der Waals surface area contributed by atoms with E-state index in [2.05, 4.69) is 30.3 Å². The van der Waals surface area contributed by atoms with Crippen LogP contribution in [0, 0.1) is 11.8 Å². The summed E-state index contributed by atoms with van der Waals surface area (Å²) >= 11 is 0. The van der Waals surface area contributed by atoms with Crippen molar-refractivity contribution in [2.24, 2.45) is 11.8 Å². The Morgan fingerprint density at radius 1 is 1.22 bits per heavy atom. The van der Waals surface area contributed by atoms with Crippen molar-refractivity contribution in [2.45, 2.75) is 25.2 Å². The van der Waals surface area contributed by atoms with E-state index in [1.807, 2.05) is 42.5 Å². The van der Waals surface area contributed by atoms with E-state index in [1.54, 1.807) is 6.07 Å². The molecule has 0 amide bonds. The monoisotopic (exact) mass is 448 g/mol. The molecule has 2 aromatic carbocycles. The molecule has 3 atom stereocenters. The summed E-state index contributed by atoms with van der Waals surface area (Å²) in [7, 11) is 2.09. The summed E-state index contributed by atoms with van der Waals surface area (Å²) in [5.41, 5.74) is 1.54. The van der Waals surface area contributed by atoms with Crippen molar-refractivity contribution in [1.82, 2.24) is 10.2 Å². The van der Waals surface area contributed by atoms with Crippen LogP contribution in [-0.4, -0.2) is 60.1 Å². The number of likely N-dealkylation sites (tertiary alicyclic amines) is 1. The SMILES string of the molecule is CN1CCC(C)(c2cccc(O)c2)C(C[C@H](CNCC(=O)O)C(=O)c2ccccc2)C1.[H-].[Na+]. The van der Waals surface area contributed by atoms with Gasteiger partial charge in [-0.05, 0) is 55.5 Å². The van der Waals surface area contributed by atoms with Gasteiger partial charge in [-0.2, -0.15) is 0 Å². The number of carbonyl (C=O) groups excluding carboxylic acids is 1. The molecule has 6 nitrogen and oxygen atoms in total. The largest absolute Gasteiger partial charge is 1.00 e. The molecular formula is C25H33N2NaO4. The minimum absolute atomic E-state index is 0. The second-order valence-electron chi connectivity index (χ2n) is 8.86. The summed E-state index contributed by atoms with van der Waals surface area (Å²) in [4.78, 5) is 26.6. The van der Waals surface area contributed by atoms with Crippen molar-refractivity contribution in [2.75, 3.05) is 33.2 Å². The molecule has 0 aliphatic carbocycles. The normalized spacial score (nSPS) is 22.0. The Morgan fingerprint density at radius 3 is 2.59 bits per heavy atom. The van der Waals surface area contributed by atoms with Gasteiger partial charge in [-0.3, -0.25) is 9.59 Å². The first-order valence-corrected chi connectivity index (χ1v) is 10.8. The number of piperidine rings is 1. The van der Waals surface area contributed by atoms with Gasteiger partial charge < -0.3 is 21.9 Å². The molecule has 168 valence electrons. The number of hydrogen-bond donors (Lipinski definition) is 3. The molecule has 2 aromatic rings. The van der Waals surface area contributed by atoms with Gasteiger partial charge in [0.25, 0.3) is 0 Å². The van der Waals surface area contributed by atoms with E-state index in [4.69, 9.17) is 5.11 Å². The number of aliphatic carboxylic acids is 1. The van der Waals surface area contributed by atoms with Gasteiger partial charge in [-0.15, -0.1) is 0 Å². The van der Waals surface area contributed by atoms with Crippen molar-refractivity contribution in [3.8, 4) is 5.75 Å². The van der Waals surface area contributed by atoms with Crippen LogP contribution in [0.4, 0.5) is 0 Å². The van der Waals surface area contributed by atoms with Crippen LogP contribution in [0.25, 0.3) is 0 Å². The molecule has 0 aromatic heterocycles. The zero-order valence-corrected chi connectivity index (χ0v) is 21.3. The number of Topliss-reactive ketones (excluding diaryl/α,β-unsaturated/α-hetero) is 1. The van der Waals surface area contributed by atoms with Crippen LogP contribution in [0.15, 0.2) is 54.6 Å². The topological polar surface area (TPSA) is 89.9 Å². The van der Waals surface area contributed by atoms with Crippen molar-refractivity contribution >= 4 is 11.8 Å². The first kappa shape index (κ1) is 26.6. The second-order valence-corrected chi connectivity index (χ2v) is 8.86. The maximum Gasteiger partial charge on any atom is 1.00 e. The van der Waals surface area contributed by atoms with Gasteiger partial charge in [0.05, 0.1) is 6.54 Å². The van der Waals surface area contributed by atoms with Crippen molar-refractivity contribution < 1.29 is 50.8 Å². The van der Waals surface area contributed by atoms with E-state index in [-0.39, 0.29) is 66.3 Å². The van der Waals surface area contributed by atoms with E-state index in [0.29, 0.717) is 18.5 Å². The summed E-state index contributed by atoms with van der Waals surface area (Å²) in [5.74, 6) is -0.818. The fourth-order valence-corrected chi connectivity index (χ4v) is 4.69. The summed E-state index contributed by atoms with van der Waals surface area (Å²) in [6.45, 7) is 4.14. The number of benzene rings is 2. The van der Waals surface area contributed by atoms with Gasteiger partial charge in [0.15, 0.2) is 5.78 Å². The molecule has 2 unspecified atom stereocenters. The zero-order chi connectivity index (χ0) is 22.4. The zero-order valence-electron chi connectivity index (χ0n) is 20.3. The Balaban J connectivity index is 0.00000272. The van der Waals surface area contributed by atoms with Crippen LogP contribution >= 0.6 is 0 Å². The molecule has 3 rings (SSSR count). The number of phenolic OH excluding ortho intramolecular Hbond substituents is 1. The van der Waals surface area contributed by atoms with Gasteiger partial charge >= 0.3 is 35.5 Å². The number of carboxylic acid groups (broad SMARTS) is 1. The smallest absolute Gasteiger partial charge is 1.00 e. The van der Waals surface area contributed by atoms with Gasteiger partial charge in [0.2, 0.25) is 0 Å². The van der Waals surface area contributed by atoms with E-state index in [9.17, 15) is 14.7 Å². The molecule has 1 saturated heterocycles. The first-order chi connectivity index (χ1) is 14.8. The number of aromatic hydroxyl groups is 1. The summed E-state index contributed by atoms with van der Waals surface area (Å²) in [6, 6.07) is 16.6. The number of carbonyl (C=O) groups is 2. The minimum Gasteiger partial charge on any atom is -1.00 e. The molecule has 0 spiro atoms. The predicted molar refractivity (Wildman–Crippen MR) is 122 cm³/mol. The van der Waals surface area contributed by atoms with E-state index >= 15 is 0 Å². The van der Waals surface area contributed by atoms with Crippen LogP contribution < -0.4 is 34.9 Å². The molecule has 0 radical (unpaired) electrons. The summed E-state index contributed by atoms with van der Waals surface area (Å²) in [5, 5.41) is 22.0. The maximum absolute atomic E-state index is 13.3. The Labute approximate surface area is 213 Å². The molecule has 3 N–H and O–H groups in total. The van der Waals surface area contributed by atoms with Gasteiger partial charge in [-0.25, -0.2) is 0 Å². The number of hydrogen-bond acceptors (Lipinski definition) is 5. The third-order valence-electron chi connectivity index (χ3n) is 6.62. The van der Waals surface area contributed by atoms with E-state index < -0.39 is 5.97 Å².